The molecular formula is C15H12N2O2. The molecular weight excluding hydrogens is 240 g/mol. The van der Waals surface area contributed by atoms with E-state index in [9.17, 15) is 4.79 Å². The van der Waals surface area contributed by atoms with Crippen LogP contribution in [-0.2, 0) is 6.61 Å². The average Bonchev–Trinajstić information content (AvgIpc) is 2.46. The number of amides is 1. The molecule has 2 aromatic rings. The first-order chi connectivity index (χ1) is 9.19. The Morgan fingerprint density at radius 3 is 2.58 bits per heavy atom. The third-order valence-electron chi connectivity index (χ3n) is 2.60. The third-order valence-corrected chi connectivity index (χ3v) is 2.60. The number of benzene rings is 2. The number of nitrogens with zero attached hydrogens (tertiary/aromatic N) is 1. The summed E-state index contributed by atoms with van der Waals surface area (Å²) in [5.41, 5.74) is 7.12. The van der Waals surface area contributed by atoms with Gasteiger partial charge in [-0.05, 0) is 42.0 Å². The van der Waals surface area contributed by atoms with E-state index in [1.54, 1.807) is 42.5 Å². The van der Waals surface area contributed by atoms with Gasteiger partial charge >= 0.3 is 0 Å². The lowest BCUT2D eigenvalue weighted by Crippen LogP contribution is -2.11. The second-order valence-electron chi connectivity index (χ2n) is 3.99. The summed E-state index contributed by atoms with van der Waals surface area (Å²) < 4.78 is 5.56. The fraction of sp³-hybridized carbons (Fsp3) is 0.0667. The van der Waals surface area contributed by atoms with Crippen molar-refractivity contribution in [2.24, 2.45) is 5.73 Å². The Morgan fingerprint density at radius 2 is 1.95 bits per heavy atom. The standard InChI is InChI=1S/C15H12N2O2/c16-9-11-4-6-14(7-5-11)19-10-12-2-1-3-13(8-12)15(17)18/h1-8H,10H2,(H2,17,18). The van der Waals surface area contributed by atoms with Gasteiger partial charge in [-0.2, -0.15) is 5.26 Å². The lowest BCUT2D eigenvalue weighted by atomic mass is 10.1. The fourth-order valence-corrected chi connectivity index (χ4v) is 1.61. The van der Waals surface area contributed by atoms with Gasteiger partial charge in [-0.1, -0.05) is 12.1 Å². The first kappa shape index (κ1) is 12.7. The van der Waals surface area contributed by atoms with Crippen LogP contribution in [0.25, 0.3) is 0 Å². The van der Waals surface area contributed by atoms with Gasteiger partial charge in [-0.25, -0.2) is 0 Å². The molecule has 2 N–H and O–H groups in total. The quantitative estimate of drug-likeness (QED) is 0.906. The van der Waals surface area contributed by atoms with E-state index in [1.165, 1.54) is 0 Å². The number of nitriles is 1. The molecule has 4 nitrogen and oxygen atoms in total. The number of carbonyl (C=O) groups excluding carboxylic acids is 1. The molecule has 2 aromatic carbocycles. The minimum absolute atomic E-state index is 0.340. The molecule has 2 rings (SSSR count). The number of rotatable bonds is 4. The molecule has 0 radical (unpaired) electrons. The molecule has 0 bridgehead atoms. The second kappa shape index (κ2) is 5.69. The zero-order chi connectivity index (χ0) is 13.7. The summed E-state index contributed by atoms with van der Waals surface area (Å²) in [4.78, 5) is 11.0. The molecule has 0 aromatic heterocycles. The summed E-state index contributed by atoms with van der Waals surface area (Å²) in [7, 11) is 0. The number of hydrogen-bond acceptors (Lipinski definition) is 3. The normalized spacial score (nSPS) is 9.63. The van der Waals surface area contributed by atoms with Crippen molar-refractivity contribution in [1.82, 2.24) is 0 Å². The lowest BCUT2D eigenvalue weighted by molar-refractivity contribution is 0.1000. The van der Waals surface area contributed by atoms with Crippen molar-refractivity contribution in [1.29, 1.82) is 5.26 Å². The highest BCUT2D eigenvalue weighted by Crippen LogP contribution is 2.14. The molecule has 94 valence electrons. The molecule has 0 aliphatic heterocycles. The van der Waals surface area contributed by atoms with Crippen LogP contribution in [0.5, 0.6) is 5.75 Å². The molecule has 0 spiro atoms. The van der Waals surface area contributed by atoms with E-state index in [2.05, 4.69) is 0 Å². The lowest BCUT2D eigenvalue weighted by Gasteiger charge is -2.07. The third kappa shape index (κ3) is 3.33. The zero-order valence-electron chi connectivity index (χ0n) is 10.2. The van der Waals surface area contributed by atoms with Gasteiger partial charge in [0.2, 0.25) is 5.91 Å². The summed E-state index contributed by atoms with van der Waals surface area (Å²) in [6.45, 7) is 0.340. The predicted octanol–water partition coefficient (Wildman–Crippen LogP) is 2.24. The maximum atomic E-state index is 11.0. The topological polar surface area (TPSA) is 76.1 Å². The molecule has 0 atom stereocenters. The monoisotopic (exact) mass is 252 g/mol. The van der Waals surface area contributed by atoms with Gasteiger partial charge in [-0.15, -0.1) is 0 Å². The fourth-order valence-electron chi connectivity index (χ4n) is 1.61. The van der Waals surface area contributed by atoms with Crippen LogP contribution in [-0.4, -0.2) is 5.91 Å². The van der Waals surface area contributed by atoms with Gasteiger partial charge in [-0.3, -0.25) is 4.79 Å². The van der Waals surface area contributed by atoms with E-state index in [0.29, 0.717) is 23.5 Å². The van der Waals surface area contributed by atoms with Gasteiger partial charge in [0.1, 0.15) is 12.4 Å². The highest BCUT2D eigenvalue weighted by Gasteiger charge is 2.02. The predicted molar refractivity (Wildman–Crippen MR) is 70.4 cm³/mol. The molecule has 4 heteroatoms. The van der Waals surface area contributed by atoms with Crippen molar-refractivity contribution in [2.45, 2.75) is 6.61 Å². The highest BCUT2D eigenvalue weighted by atomic mass is 16.5. The molecule has 0 saturated heterocycles. The van der Waals surface area contributed by atoms with Crippen molar-refractivity contribution >= 4 is 5.91 Å². The zero-order valence-corrected chi connectivity index (χ0v) is 10.2. The Morgan fingerprint density at radius 1 is 1.21 bits per heavy atom. The van der Waals surface area contributed by atoms with E-state index in [4.69, 9.17) is 15.7 Å². The molecule has 0 aliphatic carbocycles. The number of nitrogens with two attached hydrogens (primary N) is 1. The van der Waals surface area contributed by atoms with Crippen LogP contribution in [0.1, 0.15) is 21.5 Å². The van der Waals surface area contributed by atoms with E-state index in [-0.39, 0.29) is 0 Å². The molecule has 0 aliphatic rings. The van der Waals surface area contributed by atoms with Gasteiger partial charge in [0.05, 0.1) is 11.6 Å². The van der Waals surface area contributed by atoms with E-state index < -0.39 is 5.91 Å². The smallest absolute Gasteiger partial charge is 0.248 e. The maximum absolute atomic E-state index is 11.0. The minimum atomic E-state index is -0.458. The van der Waals surface area contributed by atoms with Gasteiger partial charge in [0.25, 0.3) is 0 Å². The van der Waals surface area contributed by atoms with Crippen LogP contribution in [0, 0.1) is 11.3 Å². The molecule has 0 saturated carbocycles. The van der Waals surface area contributed by atoms with Crippen molar-refractivity contribution < 1.29 is 9.53 Å². The summed E-state index contributed by atoms with van der Waals surface area (Å²) in [6, 6.07) is 15.9. The Balaban J connectivity index is 2.03. The van der Waals surface area contributed by atoms with Crippen molar-refractivity contribution in [3.63, 3.8) is 0 Å². The van der Waals surface area contributed by atoms with Crippen molar-refractivity contribution in [2.75, 3.05) is 0 Å². The van der Waals surface area contributed by atoms with Crippen LogP contribution in [0.15, 0.2) is 48.5 Å². The summed E-state index contributed by atoms with van der Waals surface area (Å²) >= 11 is 0. The van der Waals surface area contributed by atoms with Gasteiger partial charge < -0.3 is 10.5 Å². The van der Waals surface area contributed by atoms with Crippen molar-refractivity contribution in [3.8, 4) is 11.8 Å². The van der Waals surface area contributed by atoms with Crippen LogP contribution >= 0.6 is 0 Å². The largest absolute Gasteiger partial charge is 0.489 e. The number of ether oxygens (including phenoxy) is 1. The van der Waals surface area contributed by atoms with Gasteiger partial charge in [0.15, 0.2) is 0 Å². The number of hydrogen-bond donors (Lipinski definition) is 1. The Labute approximate surface area is 111 Å². The molecule has 0 fully saturated rings. The maximum Gasteiger partial charge on any atom is 0.248 e. The number of carbonyl (C=O) groups is 1. The SMILES string of the molecule is N#Cc1ccc(OCc2cccc(C(N)=O)c2)cc1. The van der Waals surface area contributed by atoms with Crippen LogP contribution in [0.3, 0.4) is 0 Å². The average molecular weight is 252 g/mol. The molecule has 19 heavy (non-hydrogen) atoms. The van der Waals surface area contributed by atoms with Crippen molar-refractivity contribution in [3.05, 3.63) is 65.2 Å². The summed E-state index contributed by atoms with van der Waals surface area (Å²) in [5, 5.41) is 8.68. The summed E-state index contributed by atoms with van der Waals surface area (Å²) in [5.74, 6) is 0.212. The van der Waals surface area contributed by atoms with E-state index in [1.807, 2.05) is 12.1 Å². The van der Waals surface area contributed by atoms with E-state index in [0.717, 1.165) is 5.56 Å². The van der Waals surface area contributed by atoms with Crippen LogP contribution in [0.2, 0.25) is 0 Å². The Hall–Kier alpha value is -2.80. The van der Waals surface area contributed by atoms with Crippen LogP contribution in [0.4, 0.5) is 0 Å². The first-order valence-corrected chi connectivity index (χ1v) is 5.71. The highest BCUT2D eigenvalue weighted by molar-refractivity contribution is 5.92. The second-order valence-corrected chi connectivity index (χ2v) is 3.99. The van der Waals surface area contributed by atoms with Crippen LogP contribution < -0.4 is 10.5 Å². The molecule has 1 amide bonds. The minimum Gasteiger partial charge on any atom is -0.489 e. The molecule has 0 unspecified atom stereocenters. The Bertz CT molecular complexity index is 627. The molecule has 0 heterocycles. The first-order valence-electron chi connectivity index (χ1n) is 5.71. The number of primary amides is 1. The van der Waals surface area contributed by atoms with E-state index >= 15 is 0 Å². The van der Waals surface area contributed by atoms with Gasteiger partial charge in [0, 0.05) is 5.56 Å². The summed E-state index contributed by atoms with van der Waals surface area (Å²) in [6.07, 6.45) is 0. The Kier molecular flexibility index (Phi) is 3.79.